The summed E-state index contributed by atoms with van der Waals surface area (Å²) in [6.07, 6.45) is 0. The van der Waals surface area contributed by atoms with Crippen LogP contribution in [0.25, 0.3) is 0 Å². The zero-order valence-corrected chi connectivity index (χ0v) is 12.5. The van der Waals surface area contributed by atoms with Gasteiger partial charge in [-0.15, -0.1) is 0 Å². The number of hydrogen-bond donors (Lipinski definition) is 2. The molecule has 0 saturated carbocycles. The minimum absolute atomic E-state index is 0.0963. The number of aryl methyl sites for hydroxylation is 1. The molecular formula is C16H22N2O2. The molecule has 1 aromatic rings. The number of aliphatic hydroxyl groups is 1. The van der Waals surface area contributed by atoms with E-state index in [0.717, 1.165) is 11.1 Å². The highest BCUT2D eigenvalue weighted by Gasteiger charge is 2.27. The number of nitrogens with two attached hydrogens (primary N) is 1. The molecule has 20 heavy (non-hydrogen) atoms. The van der Waals surface area contributed by atoms with Crippen LogP contribution < -0.4 is 5.73 Å². The fourth-order valence-corrected chi connectivity index (χ4v) is 1.71. The van der Waals surface area contributed by atoms with Crippen molar-refractivity contribution in [1.29, 1.82) is 0 Å². The van der Waals surface area contributed by atoms with E-state index in [1.165, 1.54) is 0 Å². The smallest absolute Gasteiger partial charge is 0.254 e. The van der Waals surface area contributed by atoms with Crippen LogP contribution in [-0.2, 0) is 0 Å². The van der Waals surface area contributed by atoms with Crippen molar-refractivity contribution in [3.05, 3.63) is 34.9 Å². The Hall–Kier alpha value is -1.83. The van der Waals surface area contributed by atoms with Crippen molar-refractivity contribution in [2.75, 3.05) is 20.2 Å². The maximum atomic E-state index is 12.5. The highest BCUT2D eigenvalue weighted by atomic mass is 16.3. The van der Waals surface area contributed by atoms with Gasteiger partial charge < -0.3 is 15.7 Å². The average molecular weight is 274 g/mol. The maximum absolute atomic E-state index is 12.5. The van der Waals surface area contributed by atoms with Gasteiger partial charge in [0, 0.05) is 18.2 Å². The lowest BCUT2D eigenvalue weighted by atomic mass is 10.0. The summed E-state index contributed by atoms with van der Waals surface area (Å²) in [7, 11) is 1.69. The first kappa shape index (κ1) is 16.2. The van der Waals surface area contributed by atoms with E-state index in [-0.39, 0.29) is 19.1 Å². The van der Waals surface area contributed by atoms with Crippen LogP contribution >= 0.6 is 0 Å². The molecule has 0 aliphatic rings. The Bertz CT molecular complexity index is 553. The van der Waals surface area contributed by atoms with Crippen LogP contribution in [0.2, 0.25) is 0 Å². The summed E-state index contributed by atoms with van der Waals surface area (Å²) >= 11 is 0. The van der Waals surface area contributed by atoms with Crippen LogP contribution in [0.15, 0.2) is 18.2 Å². The van der Waals surface area contributed by atoms with Crippen molar-refractivity contribution >= 4 is 5.91 Å². The summed E-state index contributed by atoms with van der Waals surface area (Å²) in [4.78, 5) is 14.0. The Morgan fingerprint density at radius 1 is 1.40 bits per heavy atom. The summed E-state index contributed by atoms with van der Waals surface area (Å²) in [6.45, 7) is 5.74. The van der Waals surface area contributed by atoms with E-state index in [1.54, 1.807) is 18.0 Å². The fraction of sp³-hybridized carbons (Fsp3) is 0.438. The second-order valence-electron chi connectivity index (χ2n) is 5.43. The molecule has 0 aliphatic heterocycles. The van der Waals surface area contributed by atoms with Gasteiger partial charge in [0.05, 0.1) is 18.7 Å². The summed E-state index contributed by atoms with van der Waals surface area (Å²) in [5.41, 5.74) is 7.05. The van der Waals surface area contributed by atoms with E-state index >= 15 is 0 Å². The number of carbonyl (C=O) groups excluding carboxylic acids is 1. The summed E-state index contributed by atoms with van der Waals surface area (Å²) in [6, 6.07) is 5.48. The third-order valence-electron chi connectivity index (χ3n) is 3.26. The maximum Gasteiger partial charge on any atom is 0.254 e. The monoisotopic (exact) mass is 274 g/mol. The van der Waals surface area contributed by atoms with Crippen molar-refractivity contribution in [2.45, 2.75) is 26.3 Å². The second-order valence-corrected chi connectivity index (χ2v) is 5.43. The molecule has 1 amide bonds. The van der Waals surface area contributed by atoms with E-state index in [0.29, 0.717) is 5.56 Å². The molecule has 0 aliphatic carbocycles. The minimum atomic E-state index is -0.607. The van der Waals surface area contributed by atoms with Crippen molar-refractivity contribution < 1.29 is 9.90 Å². The summed E-state index contributed by atoms with van der Waals surface area (Å²) in [5, 5.41) is 9.36. The molecule has 108 valence electrons. The van der Waals surface area contributed by atoms with Crippen molar-refractivity contribution in [2.24, 2.45) is 5.73 Å². The first-order valence-corrected chi connectivity index (χ1v) is 6.51. The van der Waals surface area contributed by atoms with Crippen LogP contribution in [0.5, 0.6) is 0 Å². The van der Waals surface area contributed by atoms with Gasteiger partial charge in [0.1, 0.15) is 0 Å². The molecular weight excluding hydrogens is 252 g/mol. The van der Waals surface area contributed by atoms with Crippen LogP contribution in [0.1, 0.15) is 35.3 Å². The van der Waals surface area contributed by atoms with Gasteiger partial charge in [-0.3, -0.25) is 4.79 Å². The lowest BCUT2D eigenvalue weighted by molar-refractivity contribution is 0.0473. The molecule has 0 bridgehead atoms. The van der Waals surface area contributed by atoms with E-state index < -0.39 is 5.54 Å². The summed E-state index contributed by atoms with van der Waals surface area (Å²) in [5.74, 6) is 5.58. The van der Waals surface area contributed by atoms with Gasteiger partial charge in [0.25, 0.3) is 5.91 Å². The predicted molar refractivity (Wildman–Crippen MR) is 80.4 cm³/mol. The molecule has 0 spiro atoms. The quantitative estimate of drug-likeness (QED) is 0.813. The Labute approximate surface area is 120 Å². The van der Waals surface area contributed by atoms with E-state index in [9.17, 15) is 9.90 Å². The Balaban J connectivity index is 3.13. The third kappa shape index (κ3) is 3.83. The zero-order chi connectivity index (χ0) is 15.3. The van der Waals surface area contributed by atoms with Crippen molar-refractivity contribution in [3.8, 4) is 11.8 Å². The topological polar surface area (TPSA) is 66.6 Å². The molecule has 0 atom stereocenters. The van der Waals surface area contributed by atoms with E-state index in [1.807, 2.05) is 32.9 Å². The molecule has 0 unspecified atom stereocenters. The number of benzene rings is 1. The van der Waals surface area contributed by atoms with Gasteiger partial charge in [-0.2, -0.15) is 0 Å². The number of likely N-dealkylation sites (N-methyl/N-ethyl adjacent to an activating group) is 1. The first-order chi connectivity index (χ1) is 9.31. The van der Waals surface area contributed by atoms with Gasteiger partial charge in [0.15, 0.2) is 0 Å². The summed E-state index contributed by atoms with van der Waals surface area (Å²) < 4.78 is 0. The van der Waals surface area contributed by atoms with Gasteiger partial charge in [-0.25, -0.2) is 0 Å². The van der Waals surface area contributed by atoms with Crippen molar-refractivity contribution in [3.63, 3.8) is 0 Å². The van der Waals surface area contributed by atoms with Gasteiger partial charge >= 0.3 is 0 Å². The third-order valence-corrected chi connectivity index (χ3v) is 3.26. The van der Waals surface area contributed by atoms with Crippen LogP contribution in [0, 0.1) is 18.8 Å². The predicted octanol–water partition coefficient (Wildman–Crippen LogP) is 1.15. The van der Waals surface area contributed by atoms with Gasteiger partial charge in [-0.05, 0) is 44.5 Å². The van der Waals surface area contributed by atoms with E-state index in [2.05, 4.69) is 11.8 Å². The highest BCUT2D eigenvalue weighted by molar-refractivity contribution is 5.95. The first-order valence-electron chi connectivity index (χ1n) is 6.51. The standard InChI is InChI=1S/C16H22N2O2/c1-12-8-13(6-5-7-17)10-14(9-12)15(20)18(4)16(2,3)11-19/h8-10,19H,7,11,17H2,1-4H3. The molecule has 0 fully saturated rings. The minimum Gasteiger partial charge on any atom is -0.394 e. The normalized spacial score (nSPS) is 10.7. The van der Waals surface area contributed by atoms with Crippen LogP contribution in [-0.4, -0.2) is 41.7 Å². The second kappa shape index (κ2) is 6.56. The van der Waals surface area contributed by atoms with Crippen LogP contribution in [0.4, 0.5) is 0 Å². The molecule has 3 N–H and O–H groups in total. The van der Waals surface area contributed by atoms with Crippen molar-refractivity contribution in [1.82, 2.24) is 4.90 Å². The zero-order valence-electron chi connectivity index (χ0n) is 12.5. The van der Waals surface area contributed by atoms with Gasteiger partial charge in [-0.1, -0.05) is 11.8 Å². The number of hydrogen-bond acceptors (Lipinski definition) is 3. The molecule has 1 rings (SSSR count). The Morgan fingerprint density at radius 3 is 2.60 bits per heavy atom. The molecule has 0 aromatic heterocycles. The fourth-order valence-electron chi connectivity index (χ4n) is 1.71. The molecule has 0 heterocycles. The van der Waals surface area contributed by atoms with Crippen LogP contribution in [0.3, 0.4) is 0 Å². The number of nitrogens with zero attached hydrogens (tertiary/aromatic N) is 1. The largest absolute Gasteiger partial charge is 0.394 e. The molecule has 0 saturated heterocycles. The highest BCUT2D eigenvalue weighted by Crippen LogP contribution is 2.17. The number of amides is 1. The van der Waals surface area contributed by atoms with Gasteiger partial charge in [0.2, 0.25) is 0 Å². The Kier molecular flexibility index (Phi) is 5.32. The molecule has 0 radical (unpaired) electrons. The number of carbonyl (C=O) groups is 1. The lowest BCUT2D eigenvalue weighted by Crippen LogP contribution is -2.47. The van der Waals surface area contributed by atoms with E-state index in [4.69, 9.17) is 5.73 Å². The Morgan fingerprint density at radius 2 is 2.05 bits per heavy atom. The molecule has 4 heteroatoms. The number of aliphatic hydroxyl groups excluding tert-OH is 1. The number of rotatable bonds is 3. The molecule has 1 aromatic carbocycles. The lowest BCUT2D eigenvalue weighted by Gasteiger charge is -2.34. The average Bonchev–Trinajstić information content (AvgIpc) is 2.42. The molecule has 4 nitrogen and oxygen atoms in total. The SMILES string of the molecule is Cc1cc(C#CCN)cc(C(=O)N(C)C(C)(C)CO)c1.